The first-order chi connectivity index (χ1) is 14.9. The molecule has 0 bridgehead atoms. The number of carbonyl (C=O) groups excluding carboxylic acids is 2. The lowest BCUT2D eigenvalue weighted by Gasteiger charge is -2.07. The van der Waals surface area contributed by atoms with Crippen LogP contribution in [-0.2, 0) is 13.5 Å². The number of aromatic hydroxyl groups is 1. The van der Waals surface area contributed by atoms with Crippen LogP contribution >= 0.6 is 0 Å². The summed E-state index contributed by atoms with van der Waals surface area (Å²) in [5, 5.41) is 14.2. The maximum atomic E-state index is 12.2. The summed E-state index contributed by atoms with van der Waals surface area (Å²) < 4.78 is 1.61. The fourth-order valence-corrected chi connectivity index (χ4v) is 3.37. The highest BCUT2D eigenvalue weighted by atomic mass is 16.3. The van der Waals surface area contributed by atoms with Crippen molar-refractivity contribution < 1.29 is 14.7 Å². The highest BCUT2D eigenvalue weighted by Crippen LogP contribution is 2.30. The molecule has 0 unspecified atom stereocenters. The second-order valence-electron chi connectivity index (χ2n) is 7.40. The molecular weight excluding hydrogens is 392 g/mol. The summed E-state index contributed by atoms with van der Waals surface area (Å²) in [5.74, 6) is -0.795. The smallest absolute Gasteiger partial charge is 0.252 e. The maximum absolute atomic E-state index is 12.2. The monoisotopic (exact) mass is 418 g/mol. The molecule has 0 atom stereocenters. The SMILES string of the molecule is CC(=Nc1cccc(C(N)=O)c1O)c1ccc(CCCCC(=O)c2ccnn2C)cc1. The third-order valence-electron chi connectivity index (χ3n) is 5.17. The van der Waals surface area contributed by atoms with Crippen LogP contribution in [0.15, 0.2) is 59.7 Å². The van der Waals surface area contributed by atoms with Crippen molar-refractivity contribution in [2.24, 2.45) is 17.8 Å². The zero-order valence-electron chi connectivity index (χ0n) is 17.7. The van der Waals surface area contributed by atoms with E-state index in [0.29, 0.717) is 23.5 Å². The molecule has 0 aliphatic heterocycles. The van der Waals surface area contributed by atoms with Gasteiger partial charge in [-0.2, -0.15) is 5.10 Å². The summed E-state index contributed by atoms with van der Waals surface area (Å²) in [4.78, 5) is 28.0. The molecule has 2 aromatic carbocycles. The predicted molar refractivity (Wildman–Crippen MR) is 120 cm³/mol. The molecule has 7 nitrogen and oxygen atoms in total. The molecule has 31 heavy (non-hydrogen) atoms. The van der Waals surface area contributed by atoms with Crippen LogP contribution in [0.5, 0.6) is 5.75 Å². The van der Waals surface area contributed by atoms with Crippen molar-refractivity contribution in [1.82, 2.24) is 9.78 Å². The summed E-state index contributed by atoms with van der Waals surface area (Å²) in [7, 11) is 1.77. The Morgan fingerprint density at radius 1 is 1.10 bits per heavy atom. The molecule has 0 aliphatic carbocycles. The number of carbonyl (C=O) groups is 2. The summed E-state index contributed by atoms with van der Waals surface area (Å²) in [6.45, 7) is 1.84. The minimum atomic E-state index is -0.696. The average molecular weight is 418 g/mol. The fourth-order valence-electron chi connectivity index (χ4n) is 3.37. The third-order valence-corrected chi connectivity index (χ3v) is 5.17. The zero-order valence-corrected chi connectivity index (χ0v) is 17.7. The van der Waals surface area contributed by atoms with Crippen LogP contribution in [0, 0.1) is 0 Å². The Kier molecular flexibility index (Phi) is 6.97. The normalized spacial score (nSPS) is 11.5. The van der Waals surface area contributed by atoms with Crippen LogP contribution < -0.4 is 5.73 Å². The van der Waals surface area contributed by atoms with Gasteiger partial charge < -0.3 is 10.8 Å². The maximum Gasteiger partial charge on any atom is 0.252 e. The number of ketones is 1. The van der Waals surface area contributed by atoms with E-state index in [-0.39, 0.29) is 17.1 Å². The Hall–Kier alpha value is -3.74. The lowest BCUT2D eigenvalue weighted by molar-refractivity contribution is 0.0968. The molecular formula is C24H26N4O3. The summed E-state index contributed by atoms with van der Waals surface area (Å²) >= 11 is 0. The zero-order chi connectivity index (χ0) is 22.4. The van der Waals surface area contributed by atoms with Crippen molar-refractivity contribution in [3.05, 3.63) is 77.1 Å². The number of unbranched alkanes of at least 4 members (excludes halogenated alkanes) is 1. The number of rotatable bonds is 9. The number of phenols is 1. The van der Waals surface area contributed by atoms with Gasteiger partial charge in [0, 0.05) is 25.4 Å². The molecule has 0 fully saturated rings. The van der Waals surface area contributed by atoms with Gasteiger partial charge in [-0.3, -0.25) is 14.3 Å². The van der Waals surface area contributed by atoms with Crippen LogP contribution in [0.3, 0.4) is 0 Å². The number of aliphatic imine (C=N–C) groups is 1. The van der Waals surface area contributed by atoms with Gasteiger partial charge in [-0.15, -0.1) is 0 Å². The molecule has 3 N–H and O–H groups in total. The van der Waals surface area contributed by atoms with Crippen molar-refractivity contribution in [2.45, 2.75) is 32.6 Å². The van der Waals surface area contributed by atoms with Crippen molar-refractivity contribution in [3.8, 4) is 5.75 Å². The van der Waals surface area contributed by atoms with E-state index in [9.17, 15) is 14.7 Å². The molecule has 7 heteroatoms. The summed E-state index contributed by atoms with van der Waals surface area (Å²) in [6.07, 6.45) is 4.77. The largest absolute Gasteiger partial charge is 0.505 e. The van der Waals surface area contributed by atoms with Crippen molar-refractivity contribution >= 4 is 23.1 Å². The highest BCUT2D eigenvalue weighted by molar-refractivity contribution is 6.02. The van der Waals surface area contributed by atoms with E-state index < -0.39 is 5.91 Å². The number of Topliss-reactive ketones (excluding diaryl/α,β-unsaturated/α-hetero) is 1. The first-order valence-electron chi connectivity index (χ1n) is 10.1. The fraction of sp³-hybridized carbons (Fsp3) is 0.250. The average Bonchev–Trinajstić information content (AvgIpc) is 3.18. The van der Waals surface area contributed by atoms with E-state index in [1.54, 1.807) is 36.1 Å². The van der Waals surface area contributed by atoms with E-state index in [0.717, 1.165) is 24.8 Å². The molecule has 160 valence electrons. The molecule has 1 heterocycles. The highest BCUT2D eigenvalue weighted by Gasteiger charge is 2.12. The number of hydrogen-bond acceptors (Lipinski definition) is 5. The lowest BCUT2D eigenvalue weighted by Crippen LogP contribution is -2.10. The first-order valence-corrected chi connectivity index (χ1v) is 10.1. The van der Waals surface area contributed by atoms with Gasteiger partial charge in [0.1, 0.15) is 11.4 Å². The number of aryl methyl sites for hydroxylation is 2. The number of amides is 1. The Morgan fingerprint density at radius 3 is 2.48 bits per heavy atom. The topological polar surface area (TPSA) is 111 Å². The molecule has 0 aliphatic rings. The van der Waals surface area contributed by atoms with E-state index in [1.807, 2.05) is 31.2 Å². The van der Waals surface area contributed by atoms with E-state index in [4.69, 9.17) is 5.73 Å². The Bertz CT molecular complexity index is 1110. The summed E-state index contributed by atoms with van der Waals surface area (Å²) in [6, 6.07) is 14.5. The number of nitrogens with zero attached hydrogens (tertiary/aromatic N) is 3. The molecule has 3 aromatic rings. The molecule has 0 saturated heterocycles. The quantitative estimate of drug-likeness (QED) is 0.311. The minimum absolute atomic E-state index is 0.0475. The molecule has 1 aromatic heterocycles. The molecule has 1 amide bonds. The van der Waals surface area contributed by atoms with Crippen molar-refractivity contribution in [1.29, 1.82) is 0 Å². The van der Waals surface area contributed by atoms with Crippen molar-refractivity contribution in [2.75, 3.05) is 0 Å². The number of benzene rings is 2. The number of hydrogen-bond donors (Lipinski definition) is 2. The Morgan fingerprint density at radius 2 is 1.84 bits per heavy atom. The van der Waals surface area contributed by atoms with Gasteiger partial charge in [0.2, 0.25) is 0 Å². The van der Waals surface area contributed by atoms with Gasteiger partial charge in [-0.25, -0.2) is 4.99 Å². The molecule has 0 spiro atoms. The van der Waals surface area contributed by atoms with Gasteiger partial charge in [-0.1, -0.05) is 30.3 Å². The number of nitrogens with two attached hydrogens (primary N) is 1. The Balaban J connectivity index is 1.57. The van der Waals surface area contributed by atoms with E-state index in [2.05, 4.69) is 10.1 Å². The molecule has 3 rings (SSSR count). The first kappa shape index (κ1) is 22.0. The number of para-hydroxylation sites is 1. The van der Waals surface area contributed by atoms with Gasteiger partial charge >= 0.3 is 0 Å². The van der Waals surface area contributed by atoms with Crippen molar-refractivity contribution in [3.63, 3.8) is 0 Å². The van der Waals surface area contributed by atoms with Crippen LogP contribution in [0.2, 0.25) is 0 Å². The number of aromatic nitrogens is 2. The van der Waals surface area contributed by atoms with Gasteiger partial charge in [-0.05, 0) is 55.5 Å². The lowest BCUT2D eigenvalue weighted by atomic mass is 10.0. The van der Waals surface area contributed by atoms with Gasteiger partial charge in [0.05, 0.1) is 5.56 Å². The number of primary amides is 1. The third kappa shape index (κ3) is 5.45. The van der Waals surface area contributed by atoms with E-state index in [1.165, 1.54) is 11.6 Å². The van der Waals surface area contributed by atoms with Crippen LogP contribution in [0.4, 0.5) is 5.69 Å². The predicted octanol–water partition coefficient (Wildman–Crippen LogP) is 3.96. The van der Waals surface area contributed by atoms with Gasteiger partial charge in [0.15, 0.2) is 11.5 Å². The molecule has 0 saturated carbocycles. The second-order valence-corrected chi connectivity index (χ2v) is 7.40. The standard InChI is InChI=1S/C24H26N4O3/c1-16(27-20-8-5-7-19(23(20)30)24(25)31)18-12-10-17(11-13-18)6-3-4-9-22(29)21-14-15-26-28(21)2/h5,7-8,10-15,30H,3-4,6,9H2,1-2H3,(H2,25,31). The second kappa shape index (κ2) is 9.84. The molecule has 0 radical (unpaired) electrons. The summed E-state index contributed by atoms with van der Waals surface area (Å²) in [5.41, 5.74) is 9.08. The van der Waals surface area contributed by atoms with Crippen LogP contribution in [0.1, 0.15) is 58.2 Å². The van der Waals surface area contributed by atoms with Crippen LogP contribution in [0.25, 0.3) is 0 Å². The van der Waals surface area contributed by atoms with Gasteiger partial charge in [0.25, 0.3) is 5.91 Å². The minimum Gasteiger partial charge on any atom is -0.505 e. The Labute approximate surface area is 181 Å². The van der Waals surface area contributed by atoms with Crippen LogP contribution in [-0.4, -0.2) is 32.3 Å². The van der Waals surface area contributed by atoms with E-state index >= 15 is 0 Å².